The van der Waals surface area contributed by atoms with Gasteiger partial charge in [0.05, 0.1) is 18.6 Å². The molecule has 0 spiro atoms. The van der Waals surface area contributed by atoms with Gasteiger partial charge >= 0.3 is 0 Å². The molecule has 4 rings (SSSR count). The summed E-state index contributed by atoms with van der Waals surface area (Å²) in [4.78, 5) is 15.4. The summed E-state index contributed by atoms with van der Waals surface area (Å²) in [5.74, 6) is 0.466. The lowest BCUT2D eigenvalue weighted by atomic mass is 9.73. The number of rotatable bonds is 6. The Kier molecular flexibility index (Phi) is 7.45. The van der Waals surface area contributed by atoms with Crippen LogP contribution in [0.4, 0.5) is 5.69 Å². The standard InChI is InChI=1S/C29H30ClN3O2/c1-20(2)33-15-13-29(19-31,14-16-33)26-18-25(11-12-27(26)35-3)32-28(34)22-9-7-21(8-10-22)23-5-4-6-24(30)17-23/h4-12,17-18,20H,13-16H2,1-3H3,(H,32,34). The molecule has 0 aromatic heterocycles. The molecule has 0 aliphatic carbocycles. The highest BCUT2D eigenvalue weighted by atomic mass is 35.5. The van der Waals surface area contributed by atoms with Gasteiger partial charge in [-0.2, -0.15) is 5.26 Å². The van der Waals surface area contributed by atoms with Gasteiger partial charge in [-0.25, -0.2) is 0 Å². The van der Waals surface area contributed by atoms with Crippen LogP contribution in [0.5, 0.6) is 5.75 Å². The van der Waals surface area contributed by atoms with E-state index < -0.39 is 5.41 Å². The summed E-state index contributed by atoms with van der Waals surface area (Å²) in [6.45, 7) is 6.06. The molecule has 1 saturated heterocycles. The molecule has 1 amide bonds. The van der Waals surface area contributed by atoms with Crippen molar-refractivity contribution in [1.82, 2.24) is 4.90 Å². The van der Waals surface area contributed by atoms with Gasteiger partial charge < -0.3 is 15.0 Å². The maximum Gasteiger partial charge on any atom is 0.255 e. The van der Waals surface area contributed by atoms with Crippen LogP contribution in [0.1, 0.15) is 42.6 Å². The quantitative estimate of drug-likeness (QED) is 0.429. The van der Waals surface area contributed by atoms with E-state index in [1.165, 1.54) is 0 Å². The fraction of sp³-hybridized carbons (Fsp3) is 0.310. The SMILES string of the molecule is COc1ccc(NC(=O)c2ccc(-c3cccc(Cl)c3)cc2)cc1C1(C#N)CCN(C(C)C)CC1. The van der Waals surface area contributed by atoms with E-state index in [2.05, 4.69) is 30.1 Å². The molecule has 1 aliphatic heterocycles. The van der Waals surface area contributed by atoms with Crippen molar-refractivity contribution in [3.05, 3.63) is 82.9 Å². The Balaban J connectivity index is 1.55. The molecule has 1 aliphatic rings. The normalized spacial score (nSPS) is 15.4. The number of hydrogen-bond acceptors (Lipinski definition) is 4. The van der Waals surface area contributed by atoms with Crippen LogP contribution in [0.3, 0.4) is 0 Å². The van der Waals surface area contributed by atoms with Crippen molar-refractivity contribution in [3.8, 4) is 22.9 Å². The van der Waals surface area contributed by atoms with E-state index in [0.29, 0.717) is 28.1 Å². The maximum absolute atomic E-state index is 13.0. The Morgan fingerprint density at radius 3 is 2.37 bits per heavy atom. The van der Waals surface area contributed by atoms with Crippen LogP contribution in [0.25, 0.3) is 11.1 Å². The molecule has 3 aromatic carbocycles. The van der Waals surface area contributed by atoms with Crippen LogP contribution < -0.4 is 10.1 Å². The molecule has 1 N–H and O–H groups in total. The number of piperidine rings is 1. The lowest BCUT2D eigenvalue weighted by Crippen LogP contribution is -2.44. The number of amides is 1. The average Bonchev–Trinajstić information content (AvgIpc) is 2.88. The molecule has 5 nitrogen and oxygen atoms in total. The van der Waals surface area contributed by atoms with Crippen molar-refractivity contribution < 1.29 is 9.53 Å². The first-order valence-corrected chi connectivity index (χ1v) is 12.2. The van der Waals surface area contributed by atoms with Crippen molar-refractivity contribution in [2.24, 2.45) is 0 Å². The second kappa shape index (κ2) is 10.5. The van der Waals surface area contributed by atoms with Gasteiger partial charge in [0.2, 0.25) is 0 Å². The first-order chi connectivity index (χ1) is 16.8. The Morgan fingerprint density at radius 1 is 1.06 bits per heavy atom. The minimum Gasteiger partial charge on any atom is -0.496 e. The number of nitrogens with zero attached hydrogens (tertiary/aromatic N) is 2. The van der Waals surface area contributed by atoms with Crippen LogP contribution in [-0.4, -0.2) is 37.0 Å². The molecular weight excluding hydrogens is 458 g/mol. The van der Waals surface area contributed by atoms with Gasteiger partial charge in [0.25, 0.3) is 5.91 Å². The van der Waals surface area contributed by atoms with Crippen molar-refractivity contribution in [1.29, 1.82) is 5.26 Å². The number of halogens is 1. The first kappa shape index (κ1) is 24.8. The van der Waals surface area contributed by atoms with E-state index in [-0.39, 0.29) is 5.91 Å². The summed E-state index contributed by atoms with van der Waals surface area (Å²) in [7, 11) is 1.62. The highest BCUT2D eigenvalue weighted by Gasteiger charge is 2.39. The fourth-order valence-electron chi connectivity index (χ4n) is 4.71. The zero-order valence-corrected chi connectivity index (χ0v) is 21.1. The van der Waals surface area contributed by atoms with Gasteiger partial charge in [-0.1, -0.05) is 35.9 Å². The molecule has 35 heavy (non-hydrogen) atoms. The Morgan fingerprint density at radius 2 is 1.77 bits per heavy atom. The minimum absolute atomic E-state index is 0.209. The first-order valence-electron chi connectivity index (χ1n) is 11.9. The third-order valence-electron chi connectivity index (χ3n) is 6.87. The number of carbonyl (C=O) groups excluding carboxylic acids is 1. The summed E-state index contributed by atoms with van der Waals surface area (Å²) in [6, 6.07) is 23.6. The molecule has 0 radical (unpaired) electrons. The number of carbonyl (C=O) groups is 1. The number of ether oxygens (including phenoxy) is 1. The van der Waals surface area contributed by atoms with Gasteiger partial charge in [-0.05, 0) is 80.3 Å². The lowest BCUT2D eigenvalue weighted by Gasteiger charge is -2.40. The van der Waals surface area contributed by atoms with E-state index >= 15 is 0 Å². The molecular formula is C29H30ClN3O2. The van der Waals surface area contributed by atoms with Crippen LogP contribution in [0.2, 0.25) is 5.02 Å². The Bertz CT molecular complexity index is 1240. The van der Waals surface area contributed by atoms with E-state index in [4.69, 9.17) is 16.3 Å². The highest BCUT2D eigenvalue weighted by Crippen LogP contribution is 2.41. The van der Waals surface area contributed by atoms with E-state index in [1.54, 1.807) is 19.2 Å². The van der Waals surface area contributed by atoms with Gasteiger partial charge in [0.1, 0.15) is 5.75 Å². The van der Waals surface area contributed by atoms with Crippen LogP contribution in [0, 0.1) is 11.3 Å². The zero-order valence-electron chi connectivity index (χ0n) is 20.3. The average molecular weight is 488 g/mol. The summed E-state index contributed by atoms with van der Waals surface area (Å²) < 4.78 is 5.62. The molecule has 1 heterocycles. The maximum atomic E-state index is 13.0. The molecule has 0 unspecified atom stereocenters. The van der Waals surface area contributed by atoms with Crippen LogP contribution in [0.15, 0.2) is 66.7 Å². The summed E-state index contributed by atoms with van der Waals surface area (Å²) in [6.07, 6.45) is 1.45. The third-order valence-corrected chi connectivity index (χ3v) is 7.11. The smallest absolute Gasteiger partial charge is 0.255 e. The zero-order chi connectivity index (χ0) is 25.0. The number of methoxy groups -OCH3 is 1. The number of anilines is 1. The van der Waals surface area contributed by atoms with Gasteiger partial charge in [0.15, 0.2) is 0 Å². The van der Waals surface area contributed by atoms with Crippen LogP contribution in [-0.2, 0) is 5.41 Å². The van der Waals surface area contributed by atoms with Crippen molar-refractivity contribution in [2.75, 3.05) is 25.5 Å². The second-order valence-electron chi connectivity index (χ2n) is 9.28. The number of hydrogen-bond donors (Lipinski definition) is 1. The van der Waals surface area contributed by atoms with E-state index in [1.807, 2.05) is 54.6 Å². The minimum atomic E-state index is -0.643. The fourth-order valence-corrected chi connectivity index (χ4v) is 4.90. The van der Waals surface area contributed by atoms with E-state index in [0.717, 1.165) is 42.6 Å². The number of benzene rings is 3. The summed E-state index contributed by atoms with van der Waals surface area (Å²) in [5.41, 5.74) is 3.36. The number of likely N-dealkylation sites (tertiary alicyclic amines) is 1. The molecule has 180 valence electrons. The Labute approximate surface area is 212 Å². The summed E-state index contributed by atoms with van der Waals surface area (Å²) >= 11 is 6.10. The predicted molar refractivity (Wildman–Crippen MR) is 141 cm³/mol. The van der Waals surface area contributed by atoms with E-state index in [9.17, 15) is 10.1 Å². The molecule has 0 bridgehead atoms. The van der Waals surface area contributed by atoms with Crippen molar-refractivity contribution in [2.45, 2.75) is 38.1 Å². The van der Waals surface area contributed by atoms with Crippen molar-refractivity contribution >= 4 is 23.2 Å². The largest absolute Gasteiger partial charge is 0.496 e. The molecule has 0 saturated carbocycles. The number of nitrogens with one attached hydrogen (secondary N) is 1. The lowest BCUT2D eigenvalue weighted by molar-refractivity contribution is 0.102. The highest BCUT2D eigenvalue weighted by molar-refractivity contribution is 6.30. The monoisotopic (exact) mass is 487 g/mol. The van der Waals surface area contributed by atoms with Gasteiger partial charge in [-0.3, -0.25) is 4.79 Å². The van der Waals surface area contributed by atoms with Crippen LogP contribution >= 0.6 is 11.6 Å². The molecule has 3 aromatic rings. The van der Waals surface area contributed by atoms with Crippen molar-refractivity contribution in [3.63, 3.8) is 0 Å². The Hall–Kier alpha value is -3.33. The third kappa shape index (κ3) is 5.35. The molecule has 0 atom stereocenters. The molecule has 6 heteroatoms. The summed E-state index contributed by atoms with van der Waals surface area (Å²) in [5, 5.41) is 13.9. The topological polar surface area (TPSA) is 65.4 Å². The van der Waals surface area contributed by atoms with Gasteiger partial charge in [0, 0.05) is 41.0 Å². The number of nitriles is 1. The predicted octanol–water partition coefficient (Wildman–Crippen LogP) is 6.53. The molecule has 1 fully saturated rings. The van der Waals surface area contributed by atoms with Gasteiger partial charge in [-0.15, -0.1) is 0 Å². The second-order valence-corrected chi connectivity index (χ2v) is 9.72.